The maximum absolute atomic E-state index is 11.5. The van der Waals surface area contributed by atoms with Crippen LogP contribution in [0.2, 0.25) is 0 Å². The second kappa shape index (κ2) is 9.22. The van der Waals surface area contributed by atoms with Gasteiger partial charge in [-0.25, -0.2) is 0 Å². The lowest BCUT2D eigenvalue weighted by molar-refractivity contribution is -0.121. The Bertz CT molecular complexity index is 383. The van der Waals surface area contributed by atoms with Crippen LogP contribution in [0.15, 0.2) is 24.3 Å². The van der Waals surface area contributed by atoms with Crippen LogP contribution in [0, 0.1) is 0 Å². The fourth-order valence-corrected chi connectivity index (χ4v) is 1.57. The molecule has 0 aliphatic carbocycles. The molecule has 2 N–H and O–H groups in total. The minimum atomic E-state index is 0.00556. The first kappa shape index (κ1) is 15.3. The monoisotopic (exact) mass is 266 g/mol. The number of rotatable bonds is 9. The minimum absolute atomic E-state index is 0.00556. The number of methoxy groups -OCH3 is 1. The molecule has 1 rings (SSSR count). The highest BCUT2D eigenvalue weighted by atomic mass is 16.5. The predicted molar refractivity (Wildman–Crippen MR) is 74.7 cm³/mol. The molecular weight excluding hydrogens is 244 g/mol. The van der Waals surface area contributed by atoms with Crippen LogP contribution >= 0.6 is 0 Å². The predicted octanol–water partition coefficient (Wildman–Crippen LogP) is 1.19. The number of hydrogen-bond donors (Lipinski definition) is 2. The number of amides is 1. The molecule has 0 aromatic heterocycles. The van der Waals surface area contributed by atoms with Crippen LogP contribution in [0.5, 0.6) is 11.5 Å². The van der Waals surface area contributed by atoms with Gasteiger partial charge in [-0.05, 0) is 32.1 Å². The van der Waals surface area contributed by atoms with Gasteiger partial charge >= 0.3 is 0 Å². The molecular formula is C14H22N2O3. The summed E-state index contributed by atoms with van der Waals surface area (Å²) in [6.45, 7) is 1.94. The Morgan fingerprint density at radius 2 is 1.95 bits per heavy atom. The summed E-state index contributed by atoms with van der Waals surface area (Å²) in [5.41, 5.74) is 0. The highest BCUT2D eigenvalue weighted by molar-refractivity contribution is 5.75. The molecule has 1 aromatic carbocycles. The third-order valence-corrected chi connectivity index (χ3v) is 2.58. The Morgan fingerprint density at radius 3 is 2.63 bits per heavy atom. The van der Waals surface area contributed by atoms with E-state index in [-0.39, 0.29) is 5.91 Å². The smallest absolute Gasteiger partial charge is 0.223 e. The van der Waals surface area contributed by atoms with Crippen LogP contribution in [0.4, 0.5) is 0 Å². The molecule has 0 fully saturated rings. The van der Waals surface area contributed by atoms with Crippen LogP contribution < -0.4 is 20.1 Å². The summed E-state index contributed by atoms with van der Waals surface area (Å²) in [5.74, 6) is 1.34. The highest BCUT2D eigenvalue weighted by Gasteiger charge is 2.04. The standard InChI is InChI=1S/C14H22N2O3/c1-15-9-5-10-16-14(17)8-11-19-13-7-4-3-6-12(13)18-2/h3-4,6-7,15H,5,8-11H2,1-2H3,(H,16,17). The van der Waals surface area contributed by atoms with Crippen LogP contribution in [0.3, 0.4) is 0 Å². The van der Waals surface area contributed by atoms with Crippen molar-refractivity contribution in [1.82, 2.24) is 10.6 Å². The van der Waals surface area contributed by atoms with Gasteiger partial charge in [0.1, 0.15) is 0 Å². The molecule has 0 unspecified atom stereocenters. The second-order valence-electron chi connectivity index (χ2n) is 4.06. The highest BCUT2D eigenvalue weighted by Crippen LogP contribution is 2.25. The van der Waals surface area contributed by atoms with Crippen molar-refractivity contribution < 1.29 is 14.3 Å². The second-order valence-corrected chi connectivity index (χ2v) is 4.06. The van der Waals surface area contributed by atoms with Crippen molar-refractivity contribution in [2.75, 3.05) is 33.9 Å². The third-order valence-electron chi connectivity index (χ3n) is 2.58. The number of ether oxygens (including phenoxy) is 2. The van der Waals surface area contributed by atoms with Crippen molar-refractivity contribution in [3.8, 4) is 11.5 Å². The molecule has 0 spiro atoms. The quantitative estimate of drug-likeness (QED) is 0.659. The van der Waals surface area contributed by atoms with Gasteiger partial charge in [0.15, 0.2) is 11.5 Å². The minimum Gasteiger partial charge on any atom is -0.493 e. The first-order valence-corrected chi connectivity index (χ1v) is 6.45. The first-order valence-electron chi connectivity index (χ1n) is 6.45. The zero-order valence-corrected chi connectivity index (χ0v) is 11.6. The average Bonchev–Trinajstić information content (AvgIpc) is 2.44. The van der Waals surface area contributed by atoms with Crippen molar-refractivity contribution >= 4 is 5.91 Å². The molecule has 0 aliphatic heterocycles. The van der Waals surface area contributed by atoms with Gasteiger partial charge in [-0.15, -0.1) is 0 Å². The molecule has 5 nitrogen and oxygen atoms in total. The van der Waals surface area contributed by atoms with E-state index in [2.05, 4.69) is 10.6 Å². The molecule has 1 aromatic rings. The topological polar surface area (TPSA) is 59.6 Å². The number of para-hydroxylation sites is 2. The molecule has 0 saturated heterocycles. The Morgan fingerprint density at radius 1 is 1.21 bits per heavy atom. The molecule has 0 aliphatic rings. The fraction of sp³-hybridized carbons (Fsp3) is 0.500. The Labute approximate surface area is 114 Å². The van der Waals surface area contributed by atoms with E-state index in [1.165, 1.54) is 0 Å². The van der Waals surface area contributed by atoms with Crippen molar-refractivity contribution in [2.24, 2.45) is 0 Å². The Kier molecular flexibility index (Phi) is 7.43. The Balaban J connectivity index is 2.20. The van der Waals surface area contributed by atoms with Crippen molar-refractivity contribution in [2.45, 2.75) is 12.8 Å². The van der Waals surface area contributed by atoms with Gasteiger partial charge in [0.05, 0.1) is 20.1 Å². The average molecular weight is 266 g/mol. The van der Waals surface area contributed by atoms with Crippen molar-refractivity contribution in [3.63, 3.8) is 0 Å². The van der Waals surface area contributed by atoms with E-state index in [9.17, 15) is 4.79 Å². The fourth-order valence-electron chi connectivity index (χ4n) is 1.57. The van der Waals surface area contributed by atoms with Crippen molar-refractivity contribution in [3.05, 3.63) is 24.3 Å². The largest absolute Gasteiger partial charge is 0.493 e. The summed E-state index contributed by atoms with van der Waals surface area (Å²) < 4.78 is 10.7. The van der Waals surface area contributed by atoms with Crippen LogP contribution in [-0.4, -0.2) is 39.8 Å². The summed E-state index contributed by atoms with van der Waals surface area (Å²) in [7, 11) is 3.49. The van der Waals surface area contributed by atoms with Gasteiger partial charge in [0.2, 0.25) is 5.91 Å². The molecule has 19 heavy (non-hydrogen) atoms. The SMILES string of the molecule is CNCCCNC(=O)CCOc1ccccc1OC. The summed E-state index contributed by atoms with van der Waals surface area (Å²) in [6.07, 6.45) is 1.27. The van der Waals surface area contributed by atoms with Gasteiger partial charge in [-0.3, -0.25) is 4.79 Å². The van der Waals surface area contributed by atoms with Crippen LogP contribution in [0.1, 0.15) is 12.8 Å². The van der Waals surface area contributed by atoms with Gasteiger partial charge in [0, 0.05) is 6.54 Å². The molecule has 0 bridgehead atoms. The summed E-state index contributed by atoms with van der Waals surface area (Å²) in [6, 6.07) is 7.40. The van der Waals surface area contributed by atoms with Gasteiger partial charge in [-0.2, -0.15) is 0 Å². The molecule has 0 atom stereocenters. The number of benzene rings is 1. The van der Waals surface area contributed by atoms with E-state index in [1.54, 1.807) is 7.11 Å². The number of hydrogen-bond acceptors (Lipinski definition) is 4. The molecule has 5 heteroatoms. The third kappa shape index (κ3) is 6.10. The van der Waals surface area contributed by atoms with Crippen LogP contribution in [0.25, 0.3) is 0 Å². The maximum atomic E-state index is 11.5. The summed E-state index contributed by atoms with van der Waals surface area (Å²) in [4.78, 5) is 11.5. The van der Waals surface area contributed by atoms with Gasteiger partial charge in [0.25, 0.3) is 0 Å². The van der Waals surface area contributed by atoms with E-state index in [0.717, 1.165) is 13.0 Å². The van der Waals surface area contributed by atoms with E-state index in [0.29, 0.717) is 31.1 Å². The van der Waals surface area contributed by atoms with E-state index >= 15 is 0 Å². The van der Waals surface area contributed by atoms with Crippen molar-refractivity contribution in [1.29, 1.82) is 0 Å². The first-order chi connectivity index (χ1) is 9.27. The zero-order chi connectivity index (χ0) is 13.9. The van der Waals surface area contributed by atoms with E-state index < -0.39 is 0 Å². The van der Waals surface area contributed by atoms with E-state index in [4.69, 9.17) is 9.47 Å². The maximum Gasteiger partial charge on any atom is 0.223 e. The van der Waals surface area contributed by atoms with Crippen LogP contribution in [-0.2, 0) is 4.79 Å². The number of carbonyl (C=O) groups is 1. The molecule has 0 radical (unpaired) electrons. The molecule has 0 saturated carbocycles. The van der Waals surface area contributed by atoms with Gasteiger partial charge in [-0.1, -0.05) is 12.1 Å². The van der Waals surface area contributed by atoms with Gasteiger partial charge < -0.3 is 20.1 Å². The summed E-state index contributed by atoms with van der Waals surface area (Å²) in [5, 5.41) is 5.87. The molecule has 0 heterocycles. The lowest BCUT2D eigenvalue weighted by Gasteiger charge is -2.10. The summed E-state index contributed by atoms with van der Waals surface area (Å²) >= 11 is 0. The number of nitrogens with one attached hydrogen (secondary N) is 2. The normalized spacial score (nSPS) is 10.0. The Hall–Kier alpha value is -1.75. The van der Waals surface area contributed by atoms with E-state index in [1.807, 2.05) is 31.3 Å². The zero-order valence-electron chi connectivity index (χ0n) is 11.6. The molecule has 1 amide bonds. The molecule has 106 valence electrons. The number of carbonyl (C=O) groups excluding carboxylic acids is 1. The lowest BCUT2D eigenvalue weighted by atomic mass is 10.3. The lowest BCUT2D eigenvalue weighted by Crippen LogP contribution is -2.27.